The van der Waals surface area contributed by atoms with E-state index < -0.39 is 0 Å². The lowest BCUT2D eigenvalue weighted by molar-refractivity contribution is -0.698. The summed E-state index contributed by atoms with van der Waals surface area (Å²) in [5.74, 6) is 0. The molecule has 2 aromatic heterocycles. The Kier molecular flexibility index (Phi) is 14.2. The lowest BCUT2D eigenvalue weighted by Crippen LogP contribution is -3.00. The molecule has 0 radical (unpaired) electrons. The summed E-state index contributed by atoms with van der Waals surface area (Å²) in [6.07, 6.45) is 8.43. The van der Waals surface area contributed by atoms with Gasteiger partial charge in [0.2, 0.25) is 11.0 Å². The lowest BCUT2D eigenvalue weighted by Gasteiger charge is -2.11. The average molecular weight is 596 g/mol. The Bertz CT molecular complexity index is 1180. The maximum absolute atomic E-state index is 9.22. The number of benzene rings is 2. The first-order valence-corrected chi connectivity index (χ1v) is 15.0. The second kappa shape index (κ2) is 16.5. The molecule has 2 aromatic carbocycles. The van der Waals surface area contributed by atoms with Crippen LogP contribution in [0.4, 0.5) is 0 Å². The molecule has 208 valence electrons. The van der Waals surface area contributed by atoms with Gasteiger partial charge in [0, 0.05) is 52.7 Å². The largest absolute Gasteiger partial charge is 1.00 e. The minimum absolute atomic E-state index is 0. The Morgan fingerprint density at radius 2 is 1.03 bits per heavy atom. The van der Waals surface area contributed by atoms with Crippen molar-refractivity contribution < 1.29 is 44.2 Å². The first kappa shape index (κ1) is 32.7. The van der Waals surface area contributed by atoms with E-state index in [-0.39, 0.29) is 38.0 Å². The van der Waals surface area contributed by atoms with Gasteiger partial charge in [0.15, 0.2) is 11.4 Å². The molecule has 0 aliphatic carbocycles. The van der Waals surface area contributed by atoms with Crippen LogP contribution in [0.5, 0.6) is 0 Å². The number of halogens is 2. The van der Waals surface area contributed by atoms with Crippen LogP contribution in [-0.2, 0) is 38.8 Å². The molecule has 0 saturated heterocycles. The van der Waals surface area contributed by atoms with Crippen LogP contribution in [0.1, 0.15) is 58.0 Å². The van der Waals surface area contributed by atoms with Gasteiger partial charge in [-0.1, -0.05) is 59.1 Å². The lowest BCUT2D eigenvalue weighted by atomic mass is 9.94. The molecular weight excluding hydrogens is 555 g/mol. The zero-order valence-electron chi connectivity index (χ0n) is 22.5. The van der Waals surface area contributed by atoms with Gasteiger partial charge in [-0.25, -0.2) is 0 Å². The molecule has 0 atom stereocenters. The van der Waals surface area contributed by atoms with Crippen molar-refractivity contribution in [2.45, 2.75) is 78.3 Å². The van der Waals surface area contributed by atoms with E-state index in [4.69, 9.17) is 0 Å². The van der Waals surface area contributed by atoms with Gasteiger partial charge in [-0.2, -0.15) is 9.13 Å². The molecular formula is C30H40Cl2N2O2S2. The van der Waals surface area contributed by atoms with Crippen molar-refractivity contribution in [3.05, 3.63) is 79.7 Å². The minimum atomic E-state index is 0. The topological polar surface area (TPSA) is 48.2 Å². The van der Waals surface area contributed by atoms with Gasteiger partial charge in [-0.3, -0.25) is 0 Å². The van der Waals surface area contributed by atoms with Gasteiger partial charge < -0.3 is 35.0 Å². The van der Waals surface area contributed by atoms with Gasteiger partial charge >= 0.3 is 0 Å². The fraction of sp³-hybridized carbons (Fsp3) is 0.467. The summed E-state index contributed by atoms with van der Waals surface area (Å²) in [4.78, 5) is 2.60. The standard InChI is InChI=1S/C30H40N2O2S2.2ClH/c1-23-29(15-19-33)35-21-31(23)17-7-5-9-25-13-14-26(28-12-4-3-11-27(25)28)10-6-8-18-32-22-36-30(16-20-34)24(32)2;;/h3-4,11-14,21-22,33-34H,5-10,15-20H2,1-2H3;2*1H/q+2;;/p-2. The highest BCUT2D eigenvalue weighted by atomic mass is 35.5. The highest BCUT2D eigenvalue weighted by Gasteiger charge is 2.16. The number of unbranched alkanes of at least 4 members (excludes halogenated alkanes) is 2. The molecule has 0 aliphatic rings. The van der Waals surface area contributed by atoms with E-state index in [2.05, 4.69) is 70.4 Å². The second-order valence-electron chi connectivity index (χ2n) is 9.64. The quantitative estimate of drug-likeness (QED) is 0.149. The predicted octanol–water partition coefficient (Wildman–Crippen LogP) is -0.722. The Morgan fingerprint density at radius 1 is 0.605 bits per heavy atom. The maximum Gasteiger partial charge on any atom is 0.225 e. The number of hydrogen-bond donors (Lipinski definition) is 2. The molecule has 0 unspecified atom stereocenters. The van der Waals surface area contributed by atoms with Crippen molar-refractivity contribution in [2.75, 3.05) is 13.2 Å². The van der Waals surface area contributed by atoms with E-state index in [1.807, 2.05) is 0 Å². The molecule has 0 saturated carbocycles. The zero-order valence-corrected chi connectivity index (χ0v) is 25.6. The fourth-order valence-corrected chi connectivity index (χ4v) is 7.11. The monoisotopic (exact) mass is 594 g/mol. The van der Waals surface area contributed by atoms with Crippen molar-refractivity contribution in [1.29, 1.82) is 0 Å². The SMILES string of the molecule is Cc1c(CCO)sc[n+]1CCCCc1ccc(CCCC[n+]2csc(CCO)c2C)c2ccccc12.[Cl-].[Cl-]. The number of aliphatic hydroxyl groups excluding tert-OH is 2. The van der Waals surface area contributed by atoms with Crippen LogP contribution in [0.3, 0.4) is 0 Å². The highest BCUT2D eigenvalue weighted by molar-refractivity contribution is 7.09. The van der Waals surface area contributed by atoms with E-state index in [0.717, 1.165) is 51.6 Å². The van der Waals surface area contributed by atoms with Crippen molar-refractivity contribution >= 4 is 33.4 Å². The zero-order chi connectivity index (χ0) is 25.3. The van der Waals surface area contributed by atoms with Gasteiger partial charge in [-0.05, 0) is 47.6 Å². The molecule has 4 rings (SSSR count). The van der Waals surface area contributed by atoms with Crippen molar-refractivity contribution in [1.82, 2.24) is 0 Å². The Balaban J connectivity index is 0.00000253. The molecule has 0 fully saturated rings. The first-order chi connectivity index (χ1) is 17.6. The number of hydrogen-bond acceptors (Lipinski definition) is 4. The molecule has 0 bridgehead atoms. The van der Waals surface area contributed by atoms with E-state index >= 15 is 0 Å². The van der Waals surface area contributed by atoms with Crippen LogP contribution in [0.2, 0.25) is 0 Å². The third kappa shape index (κ3) is 8.23. The average Bonchev–Trinajstić information content (AvgIpc) is 3.42. The summed E-state index contributed by atoms with van der Waals surface area (Å²) in [7, 11) is 0. The summed E-state index contributed by atoms with van der Waals surface area (Å²) in [6, 6.07) is 13.6. The normalized spacial score (nSPS) is 10.9. The third-order valence-electron chi connectivity index (χ3n) is 7.29. The third-order valence-corrected chi connectivity index (χ3v) is 9.57. The molecule has 4 aromatic rings. The highest BCUT2D eigenvalue weighted by Crippen LogP contribution is 2.26. The number of rotatable bonds is 14. The minimum Gasteiger partial charge on any atom is -1.00 e. The number of nitrogens with zero attached hydrogens (tertiary/aromatic N) is 2. The van der Waals surface area contributed by atoms with Gasteiger partial charge in [0.05, 0.1) is 9.75 Å². The van der Waals surface area contributed by atoms with Crippen LogP contribution >= 0.6 is 22.7 Å². The summed E-state index contributed by atoms with van der Waals surface area (Å²) >= 11 is 3.52. The van der Waals surface area contributed by atoms with Crippen LogP contribution < -0.4 is 33.9 Å². The molecule has 0 amide bonds. The van der Waals surface area contributed by atoms with Gasteiger partial charge in [0.25, 0.3) is 0 Å². The summed E-state index contributed by atoms with van der Waals surface area (Å²) < 4.78 is 4.69. The Hall–Kier alpha value is -1.54. The van der Waals surface area contributed by atoms with E-state index in [1.165, 1.54) is 55.9 Å². The molecule has 38 heavy (non-hydrogen) atoms. The van der Waals surface area contributed by atoms with Crippen LogP contribution in [0.15, 0.2) is 47.4 Å². The van der Waals surface area contributed by atoms with Crippen LogP contribution in [-0.4, -0.2) is 23.4 Å². The summed E-state index contributed by atoms with van der Waals surface area (Å²) in [5.41, 5.74) is 9.95. The molecule has 8 heteroatoms. The number of aliphatic hydroxyl groups is 2. The van der Waals surface area contributed by atoms with Crippen molar-refractivity contribution in [2.24, 2.45) is 0 Å². The molecule has 4 nitrogen and oxygen atoms in total. The number of thiazole rings is 2. The van der Waals surface area contributed by atoms with Crippen LogP contribution in [0.25, 0.3) is 10.8 Å². The van der Waals surface area contributed by atoms with E-state index in [0.29, 0.717) is 0 Å². The molecule has 0 aliphatic heterocycles. The first-order valence-electron chi connectivity index (χ1n) is 13.3. The van der Waals surface area contributed by atoms with E-state index in [1.54, 1.807) is 22.7 Å². The Labute approximate surface area is 247 Å². The summed E-state index contributed by atoms with van der Waals surface area (Å²) in [5, 5.41) is 21.3. The van der Waals surface area contributed by atoms with Gasteiger partial charge in [-0.15, -0.1) is 0 Å². The van der Waals surface area contributed by atoms with Crippen LogP contribution in [0, 0.1) is 13.8 Å². The predicted molar refractivity (Wildman–Crippen MR) is 150 cm³/mol. The second-order valence-corrected chi connectivity index (χ2v) is 11.5. The number of aromatic nitrogens is 2. The fourth-order valence-electron chi connectivity index (χ4n) is 5.08. The molecule has 0 spiro atoms. The van der Waals surface area contributed by atoms with Crippen molar-refractivity contribution in [3.63, 3.8) is 0 Å². The summed E-state index contributed by atoms with van der Waals surface area (Å²) in [6.45, 7) is 6.89. The maximum atomic E-state index is 9.22. The van der Waals surface area contributed by atoms with Crippen molar-refractivity contribution in [3.8, 4) is 0 Å². The smallest absolute Gasteiger partial charge is 0.225 e. The van der Waals surface area contributed by atoms with Gasteiger partial charge in [0.1, 0.15) is 13.1 Å². The molecule has 2 N–H and O–H groups in total. The Morgan fingerprint density at radius 3 is 1.42 bits per heavy atom. The number of fused-ring (bicyclic) bond motifs is 1. The molecule has 2 heterocycles. The number of aryl methyl sites for hydroxylation is 4. The van der Waals surface area contributed by atoms with E-state index in [9.17, 15) is 10.2 Å².